The van der Waals surface area contributed by atoms with Crippen molar-refractivity contribution in [2.45, 2.75) is 47.5 Å². The van der Waals surface area contributed by atoms with E-state index in [1.54, 1.807) is 0 Å². The monoisotopic (exact) mass is 289 g/mol. The second-order valence-corrected chi connectivity index (χ2v) is 6.03. The number of aryl methyl sites for hydroxylation is 1. The number of anilines is 1. The molecule has 0 fully saturated rings. The van der Waals surface area contributed by atoms with Crippen molar-refractivity contribution in [3.05, 3.63) is 16.8 Å². The lowest BCUT2D eigenvalue weighted by Crippen LogP contribution is -2.39. The molecule has 2 N–H and O–H groups in total. The van der Waals surface area contributed by atoms with Gasteiger partial charge in [0.05, 0.1) is 5.69 Å². The molecule has 0 saturated heterocycles. The number of aromatic nitrogens is 2. The highest BCUT2D eigenvalue weighted by Crippen LogP contribution is 2.26. The summed E-state index contributed by atoms with van der Waals surface area (Å²) in [6, 6.07) is 2.33. The molecule has 0 aliphatic carbocycles. The Bertz CT molecular complexity index is 516. The normalized spacial score (nSPS) is 11.3. The van der Waals surface area contributed by atoms with Gasteiger partial charge in [-0.15, -0.1) is 5.10 Å². The Balaban J connectivity index is 3.31. The van der Waals surface area contributed by atoms with Crippen LogP contribution in [0.25, 0.3) is 0 Å². The van der Waals surface area contributed by atoms with Crippen LogP contribution in [0.3, 0.4) is 0 Å². The van der Waals surface area contributed by atoms with Crippen molar-refractivity contribution in [2.24, 2.45) is 11.1 Å². The summed E-state index contributed by atoms with van der Waals surface area (Å²) in [6.45, 7) is 12.5. The van der Waals surface area contributed by atoms with Crippen LogP contribution in [0, 0.1) is 16.7 Å². The van der Waals surface area contributed by atoms with Gasteiger partial charge in [0.2, 0.25) is 0 Å². The molecule has 1 aromatic rings. The summed E-state index contributed by atoms with van der Waals surface area (Å²) in [7, 11) is 0. The summed E-state index contributed by atoms with van der Waals surface area (Å²) in [5, 5.41) is 18.2. The SMILES string of the molecule is CCc1nnc(N(CC)CC(C)(C)CN)c(C#N)c1CC. The summed E-state index contributed by atoms with van der Waals surface area (Å²) < 4.78 is 0. The molecule has 0 atom stereocenters. The molecule has 0 aliphatic heterocycles. The number of rotatable bonds is 7. The molecule has 5 heteroatoms. The molecular weight excluding hydrogens is 262 g/mol. The maximum atomic E-state index is 9.58. The number of nitrogens with zero attached hydrogens (tertiary/aromatic N) is 4. The first-order chi connectivity index (χ1) is 9.93. The fourth-order valence-electron chi connectivity index (χ4n) is 2.42. The van der Waals surface area contributed by atoms with Crippen LogP contribution in [-0.2, 0) is 12.8 Å². The van der Waals surface area contributed by atoms with Crippen molar-refractivity contribution in [3.63, 3.8) is 0 Å². The van der Waals surface area contributed by atoms with E-state index in [1.165, 1.54) is 0 Å². The summed E-state index contributed by atoms with van der Waals surface area (Å²) in [5.41, 5.74) is 8.42. The third-order valence-electron chi connectivity index (χ3n) is 3.79. The summed E-state index contributed by atoms with van der Waals surface area (Å²) in [4.78, 5) is 2.11. The number of nitriles is 1. The lowest BCUT2D eigenvalue weighted by molar-refractivity contribution is 0.378. The fraction of sp³-hybridized carbons (Fsp3) is 0.688. The van der Waals surface area contributed by atoms with Gasteiger partial charge in [-0.3, -0.25) is 0 Å². The van der Waals surface area contributed by atoms with E-state index < -0.39 is 0 Å². The topological polar surface area (TPSA) is 78.8 Å². The minimum Gasteiger partial charge on any atom is -0.354 e. The molecule has 1 rings (SSSR count). The van der Waals surface area contributed by atoms with Crippen molar-refractivity contribution >= 4 is 5.82 Å². The summed E-state index contributed by atoms with van der Waals surface area (Å²) in [6.07, 6.45) is 1.60. The molecule has 0 saturated carbocycles. The molecule has 0 aromatic carbocycles. The van der Waals surface area contributed by atoms with Gasteiger partial charge in [-0.25, -0.2) is 0 Å². The highest BCUT2D eigenvalue weighted by Gasteiger charge is 2.24. The van der Waals surface area contributed by atoms with Gasteiger partial charge in [-0.05, 0) is 37.3 Å². The predicted octanol–water partition coefficient (Wildman–Crippen LogP) is 2.28. The first-order valence-corrected chi connectivity index (χ1v) is 7.67. The Morgan fingerprint density at radius 2 is 1.86 bits per heavy atom. The quantitative estimate of drug-likeness (QED) is 0.833. The van der Waals surface area contributed by atoms with Crippen LogP contribution < -0.4 is 10.6 Å². The molecule has 0 radical (unpaired) electrons. The van der Waals surface area contributed by atoms with Gasteiger partial charge < -0.3 is 10.6 Å². The van der Waals surface area contributed by atoms with Gasteiger partial charge in [0.1, 0.15) is 11.6 Å². The van der Waals surface area contributed by atoms with Gasteiger partial charge in [-0.1, -0.05) is 27.7 Å². The molecular formula is C16H27N5. The van der Waals surface area contributed by atoms with E-state index in [0.29, 0.717) is 17.9 Å². The average Bonchev–Trinajstić information content (AvgIpc) is 2.50. The predicted molar refractivity (Wildman–Crippen MR) is 86.2 cm³/mol. The first-order valence-electron chi connectivity index (χ1n) is 7.67. The maximum absolute atomic E-state index is 9.58. The van der Waals surface area contributed by atoms with Gasteiger partial charge in [0.25, 0.3) is 0 Å². The van der Waals surface area contributed by atoms with E-state index in [9.17, 15) is 5.26 Å². The molecule has 5 nitrogen and oxygen atoms in total. The van der Waals surface area contributed by atoms with Crippen LogP contribution in [0.15, 0.2) is 0 Å². The zero-order valence-electron chi connectivity index (χ0n) is 13.9. The molecule has 1 aromatic heterocycles. The van der Waals surface area contributed by atoms with Crippen LogP contribution >= 0.6 is 0 Å². The Labute approximate surface area is 128 Å². The Morgan fingerprint density at radius 1 is 1.19 bits per heavy atom. The molecule has 116 valence electrons. The van der Waals surface area contributed by atoms with E-state index in [4.69, 9.17) is 5.73 Å². The van der Waals surface area contributed by atoms with E-state index >= 15 is 0 Å². The number of hydrogen-bond donors (Lipinski definition) is 1. The summed E-state index contributed by atoms with van der Waals surface area (Å²) in [5.74, 6) is 0.690. The third-order valence-corrected chi connectivity index (χ3v) is 3.79. The van der Waals surface area contributed by atoms with Gasteiger partial charge in [0, 0.05) is 13.1 Å². The molecule has 0 spiro atoms. The van der Waals surface area contributed by atoms with E-state index in [2.05, 4.69) is 48.9 Å². The Kier molecular flexibility index (Phi) is 6.10. The maximum Gasteiger partial charge on any atom is 0.169 e. The van der Waals surface area contributed by atoms with Crippen molar-refractivity contribution in [1.82, 2.24) is 10.2 Å². The van der Waals surface area contributed by atoms with E-state index in [1.807, 2.05) is 6.92 Å². The first kappa shape index (κ1) is 17.4. The zero-order valence-corrected chi connectivity index (χ0v) is 13.9. The molecule has 0 unspecified atom stereocenters. The van der Waals surface area contributed by atoms with Crippen molar-refractivity contribution < 1.29 is 0 Å². The number of nitrogens with two attached hydrogens (primary N) is 1. The highest BCUT2D eigenvalue weighted by atomic mass is 15.3. The van der Waals surface area contributed by atoms with Crippen LogP contribution in [0.2, 0.25) is 0 Å². The molecule has 0 bridgehead atoms. The minimum atomic E-state index is -0.0276. The smallest absolute Gasteiger partial charge is 0.169 e. The second kappa shape index (κ2) is 7.37. The van der Waals surface area contributed by atoms with Gasteiger partial charge in [0.15, 0.2) is 5.82 Å². The van der Waals surface area contributed by atoms with Crippen molar-refractivity contribution in [3.8, 4) is 6.07 Å². The highest BCUT2D eigenvalue weighted by molar-refractivity contribution is 5.58. The summed E-state index contributed by atoms with van der Waals surface area (Å²) >= 11 is 0. The van der Waals surface area contributed by atoms with Crippen molar-refractivity contribution in [1.29, 1.82) is 5.26 Å². The largest absolute Gasteiger partial charge is 0.354 e. The molecule has 21 heavy (non-hydrogen) atoms. The van der Waals surface area contributed by atoms with E-state index in [0.717, 1.165) is 37.2 Å². The van der Waals surface area contributed by atoms with Crippen molar-refractivity contribution in [2.75, 3.05) is 24.5 Å². The minimum absolute atomic E-state index is 0.0276. The molecule has 0 amide bonds. The fourth-order valence-corrected chi connectivity index (χ4v) is 2.42. The lowest BCUT2D eigenvalue weighted by Gasteiger charge is -2.32. The Morgan fingerprint density at radius 3 is 2.29 bits per heavy atom. The van der Waals surface area contributed by atoms with Gasteiger partial charge in [-0.2, -0.15) is 10.4 Å². The van der Waals surface area contributed by atoms with Crippen LogP contribution in [0.5, 0.6) is 0 Å². The third kappa shape index (κ3) is 3.92. The lowest BCUT2D eigenvalue weighted by atomic mass is 9.92. The van der Waals surface area contributed by atoms with Gasteiger partial charge >= 0.3 is 0 Å². The molecule has 1 heterocycles. The van der Waals surface area contributed by atoms with E-state index in [-0.39, 0.29) is 5.41 Å². The average molecular weight is 289 g/mol. The molecule has 0 aliphatic rings. The standard InChI is InChI=1S/C16H27N5/c1-6-12-13(9-17)15(20-19-14(12)7-2)21(8-3)11-16(4,5)10-18/h6-8,10-11,18H2,1-5H3. The Hall–Kier alpha value is -1.67. The van der Waals surface area contributed by atoms with Crippen LogP contribution in [0.1, 0.15) is 51.4 Å². The second-order valence-electron chi connectivity index (χ2n) is 6.03. The number of hydrogen-bond acceptors (Lipinski definition) is 5. The van der Waals surface area contributed by atoms with Crippen LogP contribution in [-0.4, -0.2) is 29.8 Å². The van der Waals surface area contributed by atoms with Crippen LogP contribution in [0.4, 0.5) is 5.82 Å². The zero-order chi connectivity index (χ0) is 16.0.